The number of carbonyl (C=O) groups excluding carboxylic acids is 1. The number of halogens is 3. The van der Waals surface area contributed by atoms with Crippen LogP contribution in [0.3, 0.4) is 0 Å². The van der Waals surface area contributed by atoms with Crippen LogP contribution in [0, 0.1) is 0 Å². The number of hydrogen-bond donors (Lipinski definition) is 1. The van der Waals surface area contributed by atoms with E-state index in [0.29, 0.717) is 22.4 Å². The van der Waals surface area contributed by atoms with E-state index in [9.17, 15) is 4.79 Å². The van der Waals surface area contributed by atoms with Crippen molar-refractivity contribution < 1.29 is 9.53 Å². The molecule has 0 fully saturated rings. The highest BCUT2D eigenvalue weighted by Gasteiger charge is 2.09. The lowest BCUT2D eigenvalue weighted by molar-refractivity contribution is -0.120. The van der Waals surface area contributed by atoms with E-state index in [4.69, 9.17) is 27.9 Å². The van der Waals surface area contributed by atoms with Crippen LogP contribution in [0.25, 0.3) is 10.8 Å². The van der Waals surface area contributed by atoms with Crippen molar-refractivity contribution in [3.8, 4) is 5.75 Å². The van der Waals surface area contributed by atoms with Gasteiger partial charge in [-0.3, -0.25) is 4.79 Å². The fourth-order valence-corrected chi connectivity index (χ4v) is 3.91. The molecule has 0 spiro atoms. The highest BCUT2D eigenvalue weighted by Crippen LogP contribution is 2.28. The Morgan fingerprint density at radius 1 is 0.939 bits per heavy atom. The SMILES string of the molecule is O=C(Cc1ccc(Br)cc1)N/N=C\c1c(OCc2ccc(Cl)c(Cl)c2)ccc2ccccc12. The number of nitrogens with zero attached hydrogens (tertiary/aromatic N) is 1. The van der Waals surface area contributed by atoms with Gasteiger partial charge in [0.25, 0.3) is 0 Å². The van der Waals surface area contributed by atoms with Crippen molar-refractivity contribution in [1.29, 1.82) is 0 Å². The molecule has 1 amide bonds. The number of benzene rings is 4. The van der Waals surface area contributed by atoms with Crippen LogP contribution in [0.4, 0.5) is 0 Å². The van der Waals surface area contributed by atoms with Gasteiger partial charge in [-0.1, -0.05) is 87.7 Å². The Hall–Kier alpha value is -2.86. The molecule has 0 aromatic heterocycles. The summed E-state index contributed by atoms with van der Waals surface area (Å²) >= 11 is 15.5. The average molecular weight is 542 g/mol. The third-order valence-electron chi connectivity index (χ3n) is 4.97. The lowest BCUT2D eigenvalue weighted by atomic mass is 10.0. The van der Waals surface area contributed by atoms with Crippen molar-refractivity contribution in [2.24, 2.45) is 5.10 Å². The largest absolute Gasteiger partial charge is 0.488 e. The molecule has 4 aromatic rings. The van der Waals surface area contributed by atoms with Crippen LogP contribution in [0.1, 0.15) is 16.7 Å². The lowest BCUT2D eigenvalue weighted by Crippen LogP contribution is -2.19. The molecule has 33 heavy (non-hydrogen) atoms. The lowest BCUT2D eigenvalue weighted by Gasteiger charge is -2.12. The van der Waals surface area contributed by atoms with E-state index in [2.05, 4.69) is 26.5 Å². The molecule has 0 bridgehead atoms. The normalized spacial score (nSPS) is 11.1. The summed E-state index contributed by atoms with van der Waals surface area (Å²) < 4.78 is 7.05. The van der Waals surface area contributed by atoms with Crippen molar-refractivity contribution in [2.75, 3.05) is 0 Å². The van der Waals surface area contributed by atoms with Crippen molar-refractivity contribution in [3.05, 3.63) is 110 Å². The van der Waals surface area contributed by atoms with Crippen molar-refractivity contribution in [1.82, 2.24) is 5.43 Å². The molecule has 0 atom stereocenters. The highest BCUT2D eigenvalue weighted by molar-refractivity contribution is 9.10. The zero-order valence-corrected chi connectivity index (χ0v) is 20.5. The monoisotopic (exact) mass is 540 g/mol. The van der Waals surface area contributed by atoms with Gasteiger partial charge >= 0.3 is 0 Å². The topological polar surface area (TPSA) is 50.7 Å². The number of fused-ring (bicyclic) bond motifs is 1. The molecule has 0 heterocycles. The van der Waals surface area contributed by atoms with Gasteiger partial charge in [0.05, 0.1) is 22.7 Å². The molecular formula is C26H19BrCl2N2O2. The van der Waals surface area contributed by atoms with Crippen LogP contribution in [0.15, 0.2) is 88.4 Å². The molecule has 0 aliphatic carbocycles. The fraction of sp³-hybridized carbons (Fsp3) is 0.0769. The maximum atomic E-state index is 12.3. The summed E-state index contributed by atoms with van der Waals surface area (Å²) in [5.74, 6) is 0.442. The van der Waals surface area contributed by atoms with Crippen LogP contribution in [-0.4, -0.2) is 12.1 Å². The summed E-state index contributed by atoms with van der Waals surface area (Å²) in [7, 11) is 0. The minimum Gasteiger partial charge on any atom is -0.488 e. The number of ether oxygens (including phenoxy) is 1. The number of hydrogen-bond acceptors (Lipinski definition) is 3. The Morgan fingerprint density at radius 3 is 2.48 bits per heavy atom. The van der Waals surface area contributed by atoms with Crippen LogP contribution >= 0.6 is 39.1 Å². The predicted molar refractivity (Wildman–Crippen MR) is 138 cm³/mol. The van der Waals surface area contributed by atoms with Gasteiger partial charge in [-0.15, -0.1) is 0 Å². The Morgan fingerprint density at radius 2 is 1.70 bits per heavy atom. The molecule has 4 nitrogen and oxygen atoms in total. The van der Waals surface area contributed by atoms with Crippen LogP contribution in [0.2, 0.25) is 10.0 Å². The van der Waals surface area contributed by atoms with Crippen molar-refractivity contribution in [2.45, 2.75) is 13.0 Å². The van der Waals surface area contributed by atoms with E-state index >= 15 is 0 Å². The van der Waals surface area contributed by atoms with E-state index in [1.807, 2.05) is 66.7 Å². The second-order valence-electron chi connectivity index (χ2n) is 7.33. The Labute approximate surface area is 210 Å². The number of rotatable bonds is 7. The summed E-state index contributed by atoms with van der Waals surface area (Å²) in [5.41, 5.74) is 5.18. The summed E-state index contributed by atoms with van der Waals surface area (Å²) in [6.45, 7) is 0.312. The minimum absolute atomic E-state index is 0.202. The molecule has 0 saturated carbocycles. The second kappa shape index (κ2) is 10.8. The van der Waals surface area contributed by atoms with Gasteiger partial charge in [0.1, 0.15) is 12.4 Å². The minimum atomic E-state index is -0.202. The molecule has 4 aromatic carbocycles. The fourth-order valence-electron chi connectivity index (χ4n) is 3.32. The molecule has 4 rings (SSSR count). The quantitative estimate of drug-likeness (QED) is 0.199. The van der Waals surface area contributed by atoms with Crippen LogP contribution in [-0.2, 0) is 17.8 Å². The first-order valence-electron chi connectivity index (χ1n) is 10.1. The summed E-state index contributed by atoms with van der Waals surface area (Å²) in [6.07, 6.45) is 1.85. The van der Waals surface area contributed by atoms with E-state index in [0.717, 1.165) is 31.9 Å². The molecule has 1 N–H and O–H groups in total. The number of carbonyl (C=O) groups is 1. The van der Waals surface area contributed by atoms with Gasteiger partial charge in [0.2, 0.25) is 5.91 Å². The van der Waals surface area contributed by atoms with Gasteiger partial charge in [0.15, 0.2) is 0 Å². The van der Waals surface area contributed by atoms with Crippen LogP contribution in [0.5, 0.6) is 5.75 Å². The first kappa shape index (κ1) is 23.3. The van der Waals surface area contributed by atoms with Crippen molar-refractivity contribution >= 4 is 62.0 Å². The van der Waals surface area contributed by atoms with Crippen LogP contribution < -0.4 is 10.2 Å². The zero-order chi connectivity index (χ0) is 23.2. The van der Waals surface area contributed by atoms with Crippen molar-refractivity contribution in [3.63, 3.8) is 0 Å². The Bertz CT molecular complexity index is 1320. The summed E-state index contributed by atoms with van der Waals surface area (Å²) in [6, 6.07) is 24.8. The van der Waals surface area contributed by atoms with Gasteiger partial charge in [0, 0.05) is 10.0 Å². The molecule has 166 valence electrons. The zero-order valence-electron chi connectivity index (χ0n) is 17.4. The predicted octanol–water partition coefficient (Wildman–Crippen LogP) is 7.18. The third kappa shape index (κ3) is 6.14. The molecular weight excluding hydrogens is 523 g/mol. The van der Waals surface area contributed by atoms with Gasteiger partial charge in [-0.2, -0.15) is 5.10 Å². The Balaban J connectivity index is 1.52. The first-order valence-corrected chi connectivity index (χ1v) is 11.7. The molecule has 0 saturated heterocycles. The average Bonchev–Trinajstić information content (AvgIpc) is 2.82. The summed E-state index contributed by atoms with van der Waals surface area (Å²) in [4.78, 5) is 12.3. The standard InChI is InChI=1S/C26H19BrCl2N2O2/c27-20-9-5-17(6-10-20)14-26(32)31-30-15-22-21-4-2-1-3-19(21)8-12-25(22)33-16-18-7-11-23(28)24(29)13-18/h1-13,15H,14,16H2,(H,31,32)/b30-15-. The maximum Gasteiger partial charge on any atom is 0.244 e. The van der Waals surface area contributed by atoms with Gasteiger partial charge < -0.3 is 4.74 Å². The first-order chi connectivity index (χ1) is 16.0. The van der Waals surface area contributed by atoms with Gasteiger partial charge in [-0.05, 0) is 52.2 Å². The maximum absolute atomic E-state index is 12.3. The smallest absolute Gasteiger partial charge is 0.244 e. The van der Waals surface area contributed by atoms with E-state index in [1.54, 1.807) is 18.3 Å². The van der Waals surface area contributed by atoms with E-state index in [1.165, 1.54) is 0 Å². The molecule has 0 radical (unpaired) electrons. The molecule has 0 aliphatic rings. The van der Waals surface area contributed by atoms with E-state index in [-0.39, 0.29) is 12.3 Å². The summed E-state index contributed by atoms with van der Waals surface area (Å²) in [5, 5.41) is 7.18. The highest BCUT2D eigenvalue weighted by atomic mass is 79.9. The molecule has 7 heteroatoms. The van der Waals surface area contributed by atoms with E-state index < -0.39 is 0 Å². The molecule has 0 aliphatic heterocycles. The molecule has 0 unspecified atom stereocenters. The Kier molecular flexibility index (Phi) is 7.65. The van der Waals surface area contributed by atoms with Gasteiger partial charge in [-0.25, -0.2) is 5.43 Å². The number of nitrogens with one attached hydrogen (secondary N) is 1. The third-order valence-corrected chi connectivity index (χ3v) is 6.24. The second-order valence-corrected chi connectivity index (χ2v) is 9.06. The number of hydrazone groups is 1. The number of amides is 1.